The van der Waals surface area contributed by atoms with Crippen molar-refractivity contribution < 1.29 is 4.79 Å². The number of nitrogen functional groups attached to an aromatic ring is 1. The summed E-state index contributed by atoms with van der Waals surface area (Å²) in [5.74, 6) is 0.294. The Morgan fingerprint density at radius 3 is 2.94 bits per heavy atom. The summed E-state index contributed by atoms with van der Waals surface area (Å²) in [6.07, 6.45) is 1.65. The summed E-state index contributed by atoms with van der Waals surface area (Å²) in [7, 11) is 0. The molecule has 5 heteroatoms. The summed E-state index contributed by atoms with van der Waals surface area (Å²) in [4.78, 5) is 15.9. The van der Waals surface area contributed by atoms with Crippen LogP contribution in [0.15, 0.2) is 18.2 Å². The Morgan fingerprint density at radius 2 is 2.17 bits per heavy atom. The first-order chi connectivity index (χ1) is 8.65. The normalized spacial score (nSPS) is 23.4. The summed E-state index contributed by atoms with van der Waals surface area (Å²) in [6.45, 7) is 2.51. The molecule has 2 aliphatic rings. The van der Waals surface area contributed by atoms with Gasteiger partial charge in [0.25, 0.3) is 0 Å². The Labute approximate surface area is 111 Å². The number of benzene rings is 1. The van der Waals surface area contributed by atoms with E-state index in [1.165, 1.54) is 0 Å². The minimum Gasteiger partial charge on any atom is -0.399 e. The van der Waals surface area contributed by atoms with E-state index in [-0.39, 0.29) is 0 Å². The van der Waals surface area contributed by atoms with Gasteiger partial charge in [0.2, 0.25) is 5.91 Å². The highest BCUT2D eigenvalue weighted by Crippen LogP contribution is 2.31. The van der Waals surface area contributed by atoms with Crippen LogP contribution in [0.4, 0.5) is 11.4 Å². The molecule has 4 nitrogen and oxygen atoms in total. The van der Waals surface area contributed by atoms with Crippen LogP contribution in [-0.2, 0) is 4.79 Å². The summed E-state index contributed by atoms with van der Waals surface area (Å²) >= 11 is 6.23. The fourth-order valence-electron chi connectivity index (χ4n) is 2.86. The van der Waals surface area contributed by atoms with Crippen LogP contribution in [0.5, 0.6) is 0 Å². The Kier molecular flexibility index (Phi) is 2.82. The monoisotopic (exact) mass is 265 g/mol. The first kappa shape index (κ1) is 11.7. The Hall–Kier alpha value is -1.42. The molecule has 2 aliphatic heterocycles. The zero-order valence-corrected chi connectivity index (χ0v) is 10.9. The third-order valence-electron chi connectivity index (χ3n) is 3.81. The molecule has 0 aliphatic carbocycles. The molecule has 18 heavy (non-hydrogen) atoms. The number of halogens is 1. The summed E-state index contributed by atoms with van der Waals surface area (Å²) in [6, 6.07) is 5.96. The number of carbonyl (C=O) groups excluding carboxylic acids is 1. The summed E-state index contributed by atoms with van der Waals surface area (Å²) in [5.41, 5.74) is 7.40. The molecule has 2 saturated heterocycles. The number of nitrogens with two attached hydrogens (primary N) is 1. The molecular weight excluding hydrogens is 250 g/mol. The summed E-state index contributed by atoms with van der Waals surface area (Å²) in [5, 5.41) is 0.688. The zero-order chi connectivity index (χ0) is 12.7. The molecule has 1 unspecified atom stereocenters. The minimum atomic E-state index is 0.294. The number of nitrogens with zero attached hydrogens (tertiary/aromatic N) is 2. The van der Waals surface area contributed by atoms with E-state index in [9.17, 15) is 4.79 Å². The van der Waals surface area contributed by atoms with Gasteiger partial charge in [0, 0.05) is 37.8 Å². The standard InChI is InChI=1S/C13H16ClN3O/c14-11-7-9(15)1-3-12(11)16-5-6-17-10(8-16)2-4-13(17)18/h1,3,7,10H,2,4-6,8,15H2. The smallest absolute Gasteiger partial charge is 0.223 e. The van der Waals surface area contributed by atoms with Crippen LogP contribution in [0.2, 0.25) is 5.02 Å². The van der Waals surface area contributed by atoms with E-state index in [0.29, 0.717) is 29.1 Å². The molecule has 0 bridgehead atoms. The maximum absolute atomic E-state index is 11.6. The number of rotatable bonds is 1. The lowest BCUT2D eigenvalue weighted by Gasteiger charge is -2.39. The van der Waals surface area contributed by atoms with Gasteiger partial charge >= 0.3 is 0 Å². The fraction of sp³-hybridized carbons (Fsp3) is 0.462. The predicted molar refractivity (Wildman–Crippen MR) is 72.8 cm³/mol. The minimum absolute atomic E-state index is 0.294. The third kappa shape index (κ3) is 1.90. The molecule has 2 N–H and O–H groups in total. The lowest BCUT2D eigenvalue weighted by atomic mass is 10.1. The topological polar surface area (TPSA) is 49.6 Å². The van der Waals surface area contributed by atoms with Crippen LogP contribution in [-0.4, -0.2) is 36.5 Å². The second-order valence-corrected chi connectivity index (χ2v) is 5.34. The van der Waals surface area contributed by atoms with Crippen molar-refractivity contribution in [2.75, 3.05) is 30.3 Å². The average Bonchev–Trinajstić information content (AvgIpc) is 2.71. The maximum Gasteiger partial charge on any atom is 0.223 e. The molecule has 1 atom stereocenters. The molecule has 0 aromatic heterocycles. The zero-order valence-electron chi connectivity index (χ0n) is 10.1. The molecule has 1 aromatic rings. The maximum atomic E-state index is 11.6. The van der Waals surface area contributed by atoms with Crippen LogP contribution in [0, 0.1) is 0 Å². The summed E-state index contributed by atoms with van der Waals surface area (Å²) < 4.78 is 0. The van der Waals surface area contributed by atoms with Crippen molar-refractivity contribution in [3.05, 3.63) is 23.2 Å². The molecular formula is C13H16ClN3O. The van der Waals surface area contributed by atoms with E-state index in [1.54, 1.807) is 6.07 Å². The Morgan fingerprint density at radius 1 is 1.33 bits per heavy atom. The average molecular weight is 266 g/mol. The van der Waals surface area contributed by atoms with Gasteiger partial charge in [0.1, 0.15) is 0 Å². The Bertz CT molecular complexity index is 491. The molecule has 96 valence electrons. The number of amides is 1. The van der Waals surface area contributed by atoms with E-state index < -0.39 is 0 Å². The number of hydrogen-bond donors (Lipinski definition) is 1. The number of hydrogen-bond acceptors (Lipinski definition) is 3. The van der Waals surface area contributed by atoms with E-state index >= 15 is 0 Å². The highest BCUT2D eigenvalue weighted by molar-refractivity contribution is 6.33. The third-order valence-corrected chi connectivity index (χ3v) is 4.11. The van der Waals surface area contributed by atoms with E-state index in [4.69, 9.17) is 17.3 Å². The number of fused-ring (bicyclic) bond motifs is 1. The first-order valence-corrected chi connectivity index (χ1v) is 6.62. The Balaban J connectivity index is 1.80. The van der Waals surface area contributed by atoms with Gasteiger partial charge < -0.3 is 15.5 Å². The first-order valence-electron chi connectivity index (χ1n) is 6.24. The van der Waals surface area contributed by atoms with Gasteiger partial charge in [0.15, 0.2) is 0 Å². The van der Waals surface area contributed by atoms with Gasteiger partial charge in [-0.2, -0.15) is 0 Å². The van der Waals surface area contributed by atoms with Crippen molar-refractivity contribution in [3.63, 3.8) is 0 Å². The van der Waals surface area contributed by atoms with Gasteiger partial charge in [-0.3, -0.25) is 4.79 Å². The van der Waals surface area contributed by atoms with Gasteiger partial charge in [0.05, 0.1) is 10.7 Å². The van der Waals surface area contributed by atoms with Crippen molar-refractivity contribution in [1.29, 1.82) is 0 Å². The van der Waals surface area contributed by atoms with Crippen molar-refractivity contribution in [2.24, 2.45) is 0 Å². The van der Waals surface area contributed by atoms with Crippen molar-refractivity contribution in [3.8, 4) is 0 Å². The molecule has 0 spiro atoms. The lowest BCUT2D eigenvalue weighted by molar-refractivity contribution is -0.129. The van der Waals surface area contributed by atoms with Crippen LogP contribution in [0.1, 0.15) is 12.8 Å². The molecule has 2 fully saturated rings. The fourth-order valence-corrected chi connectivity index (χ4v) is 3.17. The van der Waals surface area contributed by atoms with Crippen molar-refractivity contribution in [1.82, 2.24) is 4.90 Å². The molecule has 1 amide bonds. The molecule has 0 saturated carbocycles. The quantitative estimate of drug-likeness (QED) is 0.787. The highest BCUT2D eigenvalue weighted by Gasteiger charge is 2.35. The van der Waals surface area contributed by atoms with Gasteiger partial charge in [-0.25, -0.2) is 0 Å². The number of piperazine rings is 1. The van der Waals surface area contributed by atoms with Gasteiger partial charge in [-0.1, -0.05) is 11.6 Å². The SMILES string of the molecule is Nc1ccc(N2CCN3C(=O)CCC3C2)c(Cl)c1. The van der Waals surface area contributed by atoms with Crippen LogP contribution >= 0.6 is 11.6 Å². The van der Waals surface area contributed by atoms with Crippen molar-refractivity contribution in [2.45, 2.75) is 18.9 Å². The molecule has 2 heterocycles. The molecule has 3 rings (SSSR count). The predicted octanol–water partition coefficient (Wildman–Crippen LogP) is 1.73. The van der Waals surface area contributed by atoms with E-state index in [0.717, 1.165) is 31.7 Å². The van der Waals surface area contributed by atoms with Crippen molar-refractivity contribution >= 4 is 28.9 Å². The molecule has 0 radical (unpaired) electrons. The highest BCUT2D eigenvalue weighted by atomic mass is 35.5. The largest absolute Gasteiger partial charge is 0.399 e. The van der Waals surface area contributed by atoms with Crippen LogP contribution < -0.4 is 10.6 Å². The second kappa shape index (κ2) is 4.35. The van der Waals surface area contributed by atoms with Crippen LogP contribution in [0.3, 0.4) is 0 Å². The van der Waals surface area contributed by atoms with Gasteiger partial charge in [-0.05, 0) is 24.6 Å². The molecule has 1 aromatic carbocycles. The number of anilines is 2. The number of carbonyl (C=O) groups is 1. The van der Waals surface area contributed by atoms with Gasteiger partial charge in [-0.15, -0.1) is 0 Å². The van der Waals surface area contributed by atoms with E-state index in [1.807, 2.05) is 17.0 Å². The second-order valence-electron chi connectivity index (χ2n) is 4.94. The van der Waals surface area contributed by atoms with E-state index in [2.05, 4.69) is 4.90 Å². The lowest BCUT2D eigenvalue weighted by Crippen LogP contribution is -2.51. The van der Waals surface area contributed by atoms with Crippen LogP contribution in [0.25, 0.3) is 0 Å².